The molecule has 1 N–H and O–H groups in total. The largest absolute Gasteiger partial charge is 0.425 e. The zero-order valence-electron chi connectivity index (χ0n) is 18.2. The highest BCUT2D eigenvalue weighted by Gasteiger charge is 2.26. The molecule has 1 aliphatic heterocycles. The molecule has 0 saturated carbocycles. The predicted octanol–water partition coefficient (Wildman–Crippen LogP) is 3.32. The molecule has 5 nitrogen and oxygen atoms in total. The second kappa shape index (κ2) is 8.63. The van der Waals surface area contributed by atoms with Crippen LogP contribution in [0.1, 0.15) is 21.5 Å². The van der Waals surface area contributed by atoms with Crippen molar-refractivity contribution in [1.29, 1.82) is 0 Å². The monoisotopic (exact) mass is 432 g/mol. The number of hydrogen-bond donors (Lipinski definition) is 1. The molecular weight excluding hydrogens is 410 g/mol. The molecular formula is C28H22N3O2+. The molecule has 0 radical (unpaired) electrons. The normalized spacial score (nSPS) is 11.7. The Kier molecular flexibility index (Phi) is 5.37. The van der Waals surface area contributed by atoms with E-state index in [0.717, 1.165) is 33.0 Å². The van der Waals surface area contributed by atoms with Crippen LogP contribution in [0.25, 0.3) is 17.5 Å². The number of pyridine rings is 1. The maximum absolute atomic E-state index is 12.9. The number of carbonyl (C=O) groups excluding carboxylic acids is 2. The first-order valence-electron chi connectivity index (χ1n) is 10.8. The number of hydrogen-bond acceptors (Lipinski definition) is 3. The molecule has 0 saturated heterocycles. The lowest BCUT2D eigenvalue weighted by Crippen LogP contribution is -2.49. The molecule has 5 heteroatoms. The van der Waals surface area contributed by atoms with Gasteiger partial charge in [-0.1, -0.05) is 54.6 Å². The Bertz CT molecular complexity index is 1510. The quantitative estimate of drug-likeness (QED) is 0.492. The smallest absolute Gasteiger partial charge is 0.310 e. The lowest BCUT2D eigenvalue weighted by atomic mass is 10.1. The minimum absolute atomic E-state index is 0.0328. The van der Waals surface area contributed by atoms with Crippen molar-refractivity contribution < 1.29 is 9.59 Å². The topological polar surface area (TPSA) is 62.1 Å². The fraction of sp³-hybridized carbons (Fsp3) is 0.0714. The van der Waals surface area contributed by atoms with Gasteiger partial charge in [0.05, 0.1) is 17.7 Å². The van der Waals surface area contributed by atoms with Crippen LogP contribution in [0.2, 0.25) is 0 Å². The SMILES string of the molecule is Cc1ccccc1C(=O)[N+]1=c2ccc(-c3cccc(NC(=O)Cc4ccccc4)n3)cc2=C1. The minimum Gasteiger partial charge on any atom is -0.310 e. The van der Waals surface area contributed by atoms with Gasteiger partial charge in [-0.3, -0.25) is 4.79 Å². The number of rotatable bonds is 5. The molecule has 0 unspecified atom stereocenters. The summed E-state index contributed by atoms with van der Waals surface area (Å²) in [7, 11) is 0. The van der Waals surface area contributed by atoms with E-state index in [2.05, 4.69) is 10.3 Å². The van der Waals surface area contributed by atoms with Gasteiger partial charge in [-0.05, 0) is 48.4 Å². The average molecular weight is 433 g/mol. The number of nitrogens with zero attached hydrogens (tertiary/aromatic N) is 2. The van der Waals surface area contributed by atoms with Crippen molar-refractivity contribution >= 4 is 23.8 Å². The summed E-state index contributed by atoms with van der Waals surface area (Å²) >= 11 is 0. The molecule has 2 amide bonds. The number of aromatic nitrogens is 1. The molecule has 3 aromatic carbocycles. The van der Waals surface area contributed by atoms with Crippen LogP contribution in [-0.2, 0) is 11.2 Å². The second-order valence-corrected chi connectivity index (χ2v) is 8.01. The Balaban J connectivity index is 1.36. The van der Waals surface area contributed by atoms with Crippen molar-refractivity contribution in [3.63, 3.8) is 0 Å². The van der Waals surface area contributed by atoms with E-state index in [1.54, 1.807) is 10.6 Å². The van der Waals surface area contributed by atoms with E-state index in [-0.39, 0.29) is 11.8 Å². The maximum Gasteiger partial charge on any atom is 0.425 e. The molecule has 2 heterocycles. The van der Waals surface area contributed by atoms with Gasteiger partial charge in [0.25, 0.3) is 0 Å². The van der Waals surface area contributed by atoms with E-state index in [0.29, 0.717) is 17.8 Å². The Morgan fingerprint density at radius 3 is 2.45 bits per heavy atom. The van der Waals surface area contributed by atoms with E-state index >= 15 is 0 Å². The van der Waals surface area contributed by atoms with Gasteiger partial charge in [-0.25, -0.2) is 9.78 Å². The Morgan fingerprint density at radius 2 is 1.67 bits per heavy atom. The van der Waals surface area contributed by atoms with E-state index in [1.165, 1.54) is 0 Å². The fourth-order valence-electron chi connectivity index (χ4n) is 3.92. The first-order chi connectivity index (χ1) is 16.1. The van der Waals surface area contributed by atoms with Crippen molar-refractivity contribution in [2.24, 2.45) is 0 Å². The highest BCUT2D eigenvalue weighted by atomic mass is 16.2. The van der Waals surface area contributed by atoms with Gasteiger partial charge >= 0.3 is 5.91 Å². The Hall–Kier alpha value is -4.38. The van der Waals surface area contributed by atoms with Crippen LogP contribution in [0.5, 0.6) is 0 Å². The van der Waals surface area contributed by atoms with E-state index < -0.39 is 0 Å². The van der Waals surface area contributed by atoms with E-state index in [9.17, 15) is 9.59 Å². The van der Waals surface area contributed by atoms with Gasteiger partial charge in [0.1, 0.15) is 11.0 Å². The van der Waals surface area contributed by atoms with Gasteiger partial charge in [0, 0.05) is 11.6 Å². The first kappa shape index (κ1) is 20.5. The van der Waals surface area contributed by atoms with Crippen LogP contribution >= 0.6 is 0 Å². The molecule has 33 heavy (non-hydrogen) atoms. The first-order valence-corrected chi connectivity index (χ1v) is 10.8. The van der Waals surface area contributed by atoms with Crippen molar-refractivity contribution in [1.82, 2.24) is 9.56 Å². The summed E-state index contributed by atoms with van der Waals surface area (Å²) in [6.07, 6.45) is 2.14. The summed E-state index contributed by atoms with van der Waals surface area (Å²) in [4.78, 5) is 29.9. The summed E-state index contributed by atoms with van der Waals surface area (Å²) in [6.45, 7) is 1.94. The highest BCUT2D eigenvalue weighted by molar-refractivity contribution is 5.99. The van der Waals surface area contributed by atoms with Gasteiger partial charge in [-0.15, -0.1) is 4.58 Å². The molecule has 0 fully saturated rings. The van der Waals surface area contributed by atoms with Crippen LogP contribution in [-0.4, -0.2) is 16.8 Å². The number of benzene rings is 3. The molecule has 1 aliphatic rings. The lowest BCUT2D eigenvalue weighted by Gasteiger charge is -2.08. The number of amides is 2. The van der Waals surface area contributed by atoms with Crippen LogP contribution in [0.3, 0.4) is 0 Å². The minimum atomic E-state index is -0.110. The average Bonchev–Trinajstić information content (AvgIpc) is 2.80. The number of fused-ring (bicyclic) bond motifs is 1. The summed E-state index contributed by atoms with van der Waals surface area (Å²) in [5.74, 6) is 0.368. The molecule has 160 valence electrons. The molecule has 1 aromatic heterocycles. The molecule has 0 spiro atoms. The van der Waals surface area contributed by atoms with Gasteiger partial charge in [0.15, 0.2) is 6.20 Å². The van der Waals surface area contributed by atoms with Gasteiger partial charge in [-0.2, -0.15) is 0 Å². The zero-order valence-corrected chi connectivity index (χ0v) is 18.2. The second-order valence-electron chi connectivity index (χ2n) is 8.01. The summed E-state index contributed by atoms with van der Waals surface area (Å²) in [5.41, 5.74) is 4.29. The molecule has 0 atom stereocenters. The third kappa shape index (κ3) is 4.21. The standard InChI is InChI=1S/C28H21N3O2/c1-19-8-5-6-11-23(19)28(33)31-18-22-17-21(14-15-25(22)31)24-12-7-13-26(29-24)30-27(32)16-20-9-3-2-4-10-20/h2-15,17-18H,16H2,1H3/p+1. The number of carbonyl (C=O) groups is 2. The summed E-state index contributed by atoms with van der Waals surface area (Å²) in [6, 6.07) is 28.6. The van der Waals surface area contributed by atoms with E-state index in [1.807, 2.05) is 98.1 Å². The molecule has 5 rings (SSSR count). The zero-order chi connectivity index (χ0) is 22.8. The Labute approximate surface area is 191 Å². The summed E-state index contributed by atoms with van der Waals surface area (Å²) < 4.78 is 1.68. The highest BCUT2D eigenvalue weighted by Crippen LogP contribution is 2.17. The predicted molar refractivity (Wildman–Crippen MR) is 129 cm³/mol. The van der Waals surface area contributed by atoms with Crippen molar-refractivity contribution in [3.8, 4) is 11.3 Å². The third-order valence-corrected chi connectivity index (χ3v) is 5.67. The molecule has 0 bridgehead atoms. The number of anilines is 1. The molecule has 0 aliphatic carbocycles. The third-order valence-electron chi connectivity index (χ3n) is 5.67. The number of aryl methyl sites for hydroxylation is 1. The van der Waals surface area contributed by atoms with Crippen molar-refractivity contribution in [2.45, 2.75) is 13.3 Å². The van der Waals surface area contributed by atoms with Crippen LogP contribution < -0.4 is 20.5 Å². The number of nitrogens with one attached hydrogen (secondary N) is 1. The van der Waals surface area contributed by atoms with Crippen molar-refractivity contribution in [2.75, 3.05) is 5.32 Å². The van der Waals surface area contributed by atoms with Crippen LogP contribution in [0.4, 0.5) is 5.82 Å². The van der Waals surface area contributed by atoms with Crippen molar-refractivity contribution in [3.05, 3.63) is 118 Å². The van der Waals surface area contributed by atoms with Gasteiger partial charge < -0.3 is 5.32 Å². The maximum atomic E-state index is 12.9. The van der Waals surface area contributed by atoms with E-state index in [4.69, 9.17) is 0 Å². The summed E-state index contributed by atoms with van der Waals surface area (Å²) in [5, 5.41) is 4.73. The molecule has 4 aromatic rings. The fourth-order valence-corrected chi connectivity index (χ4v) is 3.92. The van der Waals surface area contributed by atoms with Crippen LogP contribution in [0.15, 0.2) is 91.0 Å². The van der Waals surface area contributed by atoms with Gasteiger partial charge in [0.2, 0.25) is 11.3 Å². The lowest BCUT2D eigenvalue weighted by molar-refractivity contribution is -0.115. The Morgan fingerprint density at radius 1 is 0.879 bits per heavy atom. The van der Waals surface area contributed by atoms with Crippen LogP contribution in [0, 0.1) is 6.92 Å².